The summed E-state index contributed by atoms with van der Waals surface area (Å²) < 4.78 is 0. The first-order chi connectivity index (χ1) is 13.3. The van der Waals surface area contributed by atoms with Crippen molar-refractivity contribution in [3.05, 3.63) is 35.9 Å². The molecule has 0 aliphatic rings. The molecule has 0 aliphatic heterocycles. The van der Waals surface area contributed by atoms with Crippen LogP contribution in [0.1, 0.15) is 31.7 Å². The van der Waals surface area contributed by atoms with E-state index in [9.17, 15) is 14.4 Å². The van der Waals surface area contributed by atoms with E-state index in [-0.39, 0.29) is 11.8 Å². The number of benzene rings is 1. The van der Waals surface area contributed by atoms with Crippen molar-refractivity contribution in [2.75, 3.05) is 27.7 Å². The molecule has 7 heteroatoms. The van der Waals surface area contributed by atoms with Crippen LogP contribution >= 0.6 is 0 Å². The van der Waals surface area contributed by atoms with E-state index >= 15 is 0 Å². The number of likely N-dealkylation sites (N-methyl/N-ethyl adjacent to an activating group) is 2. The zero-order valence-corrected chi connectivity index (χ0v) is 17.4. The molecule has 0 heterocycles. The number of nitrogens with one attached hydrogen (secondary N) is 1. The number of amides is 2. The van der Waals surface area contributed by atoms with Gasteiger partial charge in [-0.15, -0.1) is 0 Å². The predicted molar refractivity (Wildman–Crippen MR) is 111 cm³/mol. The second kappa shape index (κ2) is 12.3. The van der Waals surface area contributed by atoms with Crippen molar-refractivity contribution in [3.8, 4) is 0 Å². The van der Waals surface area contributed by atoms with Crippen LogP contribution in [-0.4, -0.2) is 73.7 Å². The van der Waals surface area contributed by atoms with Gasteiger partial charge in [0.25, 0.3) is 0 Å². The third-order valence-corrected chi connectivity index (χ3v) is 4.91. The molecule has 0 spiro atoms. The zero-order valence-electron chi connectivity index (χ0n) is 17.4. The van der Waals surface area contributed by atoms with Gasteiger partial charge >= 0.3 is 0 Å². The molecule has 7 nitrogen and oxygen atoms in total. The summed E-state index contributed by atoms with van der Waals surface area (Å²) in [5.41, 5.74) is 6.61. The highest BCUT2D eigenvalue weighted by Gasteiger charge is 2.29. The highest BCUT2D eigenvalue weighted by Crippen LogP contribution is 2.10. The van der Waals surface area contributed by atoms with E-state index < -0.39 is 18.1 Å². The molecule has 3 N–H and O–H groups in total. The van der Waals surface area contributed by atoms with Gasteiger partial charge in [0.05, 0.1) is 12.1 Å². The maximum absolute atomic E-state index is 13.0. The minimum atomic E-state index is -0.676. The number of aldehydes is 1. The van der Waals surface area contributed by atoms with E-state index in [1.54, 1.807) is 14.0 Å². The van der Waals surface area contributed by atoms with Gasteiger partial charge in [-0.1, -0.05) is 30.3 Å². The topological polar surface area (TPSA) is 95.7 Å². The summed E-state index contributed by atoms with van der Waals surface area (Å²) in [4.78, 5) is 40.1. The Bertz CT molecular complexity index is 621. The van der Waals surface area contributed by atoms with Crippen molar-refractivity contribution in [2.45, 2.75) is 50.7 Å². The molecule has 0 fully saturated rings. The first kappa shape index (κ1) is 23.8. The van der Waals surface area contributed by atoms with Crippen molar-refractivity contribution < 1.29 is 14.4 Å². The fourth-order valence-corrected chi connectivity index (χ4v) is 2.90. The van der Waals surface area contributed by atoms with Crippen LogP contribution in [0, 0.1) is 0 Å². The molecule has 0 aromatic heterocycles. The largest absolute Gasteiger partial charge is 0.343 e. The number of nitrogens with two attached hydrogens (primary N) is 1. The molecule has 0 saturated heterocycles. The molecule has 1 rings (SSSR count). The average Bonchev–Trinajstić information content (AvgIpc) is 2.70. The summed E-state index contributed by atoms with van der Waals surface area (Å²) in [7, 11) is 5.27. The SMILES string of the molecule is C[C@@H](C=O)N(C)C(=O)[C@H](CCCCN)NC(=O)[C@H](Cc1ccccc1)N(C)C. The van der Waals surface area contributed by atoms with E-state index in [1.807, 2.05) is 49.3 Å². The van der Waals surface area contributed by atoms with Gasteiger partial charge in [-0.2, -0.15) is 0 Å². The van der Waals surface area contributed by atoms with Crippen molar-refractivity contribution in [3.63, 3.8) is 0 Å². The number of carbonyl (C=O) groups excluding carboxylic acids is 3. The molecular weight excluding hydrogens is 356 g/mol. The number of carbonyl (C=O) groups is 3. The van der Waals surface area contributed by atoms with Gasteiger partial charge in [0.2, 0.25) is 11.8 Å². The Balaban J connectivity index is 2.91. The van der Waals surface area contributed by atoms with E-state index in [2.05, 4.69) is 5.32 Å². The van der Waals surface area contributed by atoms with E-state index in [4.69, 9.17) is 5.73 Å². The summed E-state index contributed by atoms with van der Waals surface area (Å²) in [6, 6.07) is 8.15. The van der Waals surface area contributed by atoms with Gasteiger partial charge in [-0.25, -0.2) is 0 Å². The van der Waals surface area contributed by atoms with Crippen LogP contribution < -0.4 is 11.1 Å². The second-order valence-corrected chi connectivity index (χ2v) is 7.34. The molecule has 156 valence electrons. The number of nitrogens with zero attached hydrogens (tertiary/aromatic N) is 2. The van der Waals surface area contributed by atoms with Crippen LogP contribution in [0.5, 0.6) is 0 Å². The van der Waals surface area contributed by atoms with Crippen LogP contribution in [-0.2, 0) is 20.8 Å². The Labute approximate surface area is 168 Å². The van der Waals surface area contributed by atoms with Crippen LogP contribution in [0.15, 0.2) is 30.3 Å². The van der Waals surface area contributed by atoms with E-state index in [1.165, 1.54) is 4.90 Å². The Morgan fingerprint density at radius 2 is 1.79 bits per heavy atom. The van der Waals surface area contributed by atoms with E-state index in [0.717, 1.165) is 18.4 Å². The third kappa shape index (κ3) is 7.40. The Morgan fingerprint density at radius 3 is 2.32 bits per heavy atom. The van der Waals surface area contributed by atoms with Gasteiger partial charge < -0.3 is 20.7 Å². The zero-order chi connectivity index (χ0) is 21.1. The minimum Gasteiger partial charge on any atom is -0.343 e. The Hall–Kier alpha value is -2.25. The van der Waals surface area contributed by atoms with Crippen LogP contribution in [0.3, 0.4) is 0 Å². The molecule has 0 saturated carbocycles. The highest BCUT2D eigenvalue weighted by molar-refractivity contribution is 5.90. The maximum atomic E-state index is 13.0. The van der Waals surface area contributed by atoms with Gasteiger partial charge in [-0.05, 0) is 58.8 Å². The molecule has 0 bridgehead atoms. The molecule has 0 aliphatic carbocycles. The van der Waals surface area contributed by atoms with Gasteiger partial charge in [-0.3, -0.25) is 14.5 Å². The first-order valence-electron chi connectivity index (χ1n) is 9.74. The first-order valence-corrected chi connectivity index (χ1v) is 9.74. The lowest BCUT2D eigenvalue weighted by Gasteiger charge is -2.30. The number of unbranched alkanes of at least 4 members (excludes halogenated alkanes) is 1. The second-order valence-electron chi connectivity index (χ2n) is 7.34. The summed E-state index contributed by atoms with van der Waals surface area (Å²) >= 11 is 0. The van der Waals surface area contributed by atoms with Gasteiger partial charge in [0.1, 0.15) is 12.3 Å². The van der Waals surface area contributed by atoms with E-state index in [0.29, 0.717) is 25.7 Å². The Kier molecular flexibility index (Phi) is 10.4. The molecule has 0 radical (unpaired) electrons. The van der Waals surface area contributed by atoms with Gasteiger partial charge in [0.15, 0.2) is 0 Å². The van der Waals surface area contributed by atoms with Crippen molar-refractivity contribution in [1.82, 2.24) is 15.1 Å². The quantitative estimate of drug-likeness (QED) is 0.407. The highest BCUT2D eigenvalue weighted by atomic mass is 16.2. The predicted octanol–water partition coefficient (Wildman–Crippen LogP) is 0.819. The molecule has 1 aromatic rings. The van der Waals surface area contributed by atoms with Crippen LogP contribution in [0.4, 0.5) is 0 Å². The lowest BCUT2D eigenvalue weighted by molar-refractivity contribution is -0.139. The standard InChI is InChI=1S/C21H34N4O3/c1-16(15-26)25(4)21(28)18(12-8-9-13-22)23-20(27)19(24(2)3)14-17-10-6-5-7-11-17/h5-7,10-11,15-16,18-19H,8-9,12-14,22H2,1-4H3,(H,23,27)/t16-,18-,19-/m0/s1. The molecule has 1 aromatic carbocycles. The summed E-state index contributed by atoms with van der Waals surface area (Å²) in [6.07, 6.45) is 3.25. The number of rotatable bonds is 12. The fraction of sp³-hybridized carbons (Fsp3) is 0.571. The van der Waals surface area contributed by atoms with Crippen LogP contribution in [0.25, 0.3) is 0 Å². The van der Waals surface area contributed by atoms with Crippen molar-refractivity contribution in [2.24, 2.45) is 5.73 Å². The maximum Gasteiger partial charge on any atom is 0.245 e. The molecule has 3 atom stereocenters. The van der Waals surface area contributed by atoms with Crippen molar-refractivity contribution >= 4 is 18.1 Å². The monoisotopic (exact) mass is 390 g/mol. The third-order valence-electron chi connectivity index (χ3n) is 4.91. The molecule has 28 heavy (non-hydrogen) atoms. The summed E-state index contributed by atoms with van der Waals surface area (Å²) in [5, 5.41) is 2.91. The lowest BCUT2D eigenvalue weighted by atomic mass is 10.0. The molecule has 2 amide bonds. The summed E-state index contributed by atoms with van der Waals surface area (Å²) in [5.74, 6) is -0.464. The molecule has 0 unspecified atom stereocenters. The smallest absolute Gasteiger partial charge is 0.245 e. The normalized spacial score (nSPS) is 14.2. The number of hydrogen-bond donors (Lipinski definition) is 2. The Morgan fingerprint density at radius 1 is 1.14 bits per heavy atom. The fourth-order valence-electron chi connectivity index (χ4n) is 2.90. The lowest BCUT2D eigenvalue weighted by Crippen LogP contribution is -2.54. The van der Waals surface area contributed by atoms with Gasteiger partial charge in [0, 0.05) is 7.05 Å². The van der Waals surface area contributed by atoms with Crippen LogP contribution in [0.2, 0.25) is 0 Å². The minimum absolute atomic E-state index is 0.202. The molecular formula is C21H34N4O3. The average molecular weight is 391 g/mol. The summed E-state index contributed by atoms with van der Waals surface area (Å²) in [6.45, 7) is 2.19. The van der Waals surface area contributed by atoms with Crippen molar-refractivity contribution in [1.29, 1.82) is 0 Å². The number of hydrogen-bond acceptors (Lipinski definition) is 5.